The van der Waals surface area contributed by atoms with Crippen LogP contribution in [0, 0.1) is 24.3 Å². The van der Waals surface area contributed by atoms with Gasteiger partial charge in [-0.25, -0.2) is 13.3 Å². The lowest BCUT2D eigenvalue weighted by atomic mass is 9.76. The predicted octanol–water partition coefficient (Wildman–Crippen LogP) is 4.77. The van der Waals surface area contributed by atoms with Crippen LogP contribution in [0.2, 0.25) is 0 Å². The fraction of sp³-hybridized carbons (Fsp3) is 0.526. The summed E-state index contributed by atoms with van der Waals surface area (Å²) in [5.41, 5.74) is -1.63. The second-order valence-corrected chi connectivity index (χ2v) is 9.82. The molecule has 1 aromatic carbocycles. The largest absolute Gasteiger partial charge is 0.407 e. The summed E-state index contributed by atoms with van der Waals surface area (Å²) < 4.78 is 67.2. The smallest absolute Gasteiger partial charge is 0.270 e. The SMILES string of the molecule is [C-]#[N+]c1ccc(N2C[C@@H]3[C@@H]4CC[C@@H](C4)[C@]3(CC=C)S2(=O)=O)cc1C(F)(F)F. The first-order chi connectivity index (χ1) is 12.7. The molecule has 4 nitrogen and oxygen atoms in total. The van der Waals surface area contributed by atoms with Gasteiger partial charge >= 0.3 is 6.18 Å². The molecule has 0 radical (unpaired) electrons. The maximum Gasteiger partial charge on any atom is 0.407 e. The van der Waals surface area contributed by atoms with Gasteiger partial charge in [0, 0.05) is 18.2 Å². The van der Waals surface area contributed by atoms with E-state index in [9.17, 15) is 21.6 Å². The highest BCUT2D eigenvalue weighted by Crippen LogP contribution is 2.64. The van der Waals surface area contributed by atoms with Gasteiger partial charge in [0.05, 0.1) is 12.1 Å². The van der Waals surface area contributed by atoms with Crippen molar-refractivity contribution in [1.29, 1.82) is 0 Å². The number of allylic oxidation sites excluding steroid dienone is 1. The van der Waals surface area contributed by atoms with Crippen molar-refractivity contribution in [1.82, 2.24) is 0 Å². The molecule has 1 aromatic rings. The van der Waals surface area contributed by atoms with E-state index in [0.29, 0.717) is 12.3 Å². The van der Waals surface area contributed by atoms with Gasteiger partial charge in [0.15, 0.2) is 5.69 Å². The van der Waals surface area contributed by atoms with Gasteiger partial charge in [-0.15, -0.1) is 6.58 Å². The van der Waals surface area contributed by atoms with Crippen LogP contribution in [0.4, 0.5) is 24.5 Å². The average Bonchev–Trinajstić information content (AvgIpc) is 3.25. The van der Waals surface area contributed by atoms with Gasteiger partial charge in [-0.2, -0.15) is 13.2 Å². The minimum Gasteiger partial charge on any atom is -0.270 e. The van der Waals surface area contributed by atoms with Crippen LogP contribution in [0.3, 0.4) is 0 Å². The molecule has 8 heteroatoms. The Hall–Kier alpha value is -2.01. The molecule has 0 aromatic heterocycles. The first-order valence-corrected chi connectivity index (χ1v) is 10.3. The number of nitrogens with zero attached hydrogens (tertiary/aromatic N) is 2. The van der Waals surface area contributed by atoms with Crippen LogP contribution in [-0.4, -0.2) is 19.7 Å². The molecule has 0 unspecified atom stereocenters. The molecule has 144 valence electrons. The predicted molar refractivity (Wildman–Crippen MR) is 95.8 cm³/mol. The molecule has 2 saturated carbocycles. The molecule has 3 aliphatic rings. The Labute approximate surface area is 156 Å². The summed E-state index contributed by atoms with van der Waals surface area (Å²) in [6, 6.07) is 3.17. The quantitative estimate of drug-likeness (QED) is 0.546. The molecule has 4 atom stereocenters. The lowest BCUT2D eigenvalue weighted by molar-refractivity contribution is -0.136. The Morgan fingerprint density at radius 3 is 2.74 bits per heavy atom. The lowest BCUT2D eigenvalue weighted by Gasteiger charge is -2.36. The molecule has 2 aliphatic carbocycles. The second kappa shape index (κ2) is 5.74. The van der Waals surface area contributed by atoms with Crippen molar-refractivity contribution in [2.45, 2.75) is 36.6 Å². The van der Waals surface area contributed by atoms with E-state index < -0.39 is 32.2 Å². The summed E-state index contributed by atoms with van der Waals surface area (Å²) in [6.07, 6.45) is -0.0837. The summed E-state index contributed by atoms with van der Waals surface area (Å²) in [5, 5.41) is 0. The van der Waals surface area contributed by atoms with Gasteiger partial charge in [-0.05, 0) is 49.7 Å². The normalized spacial score (nSPS) is 33.7. The Balaban J connectivity index is 1.83. The Bertz CT molecular complexity index is 951. The number of hydrogen-bond acceptors (Lipinski definition) is 2. The molecule has 1 saturated heterocycles. The highest BCUT2D eigenvalue weighted by molar-refractivity contribution is 7.94. The second-order valence-electron chi connectivity index (χ2n) is 7.67. The van der Waals surface area contributed by atoms with Gasteiger partial charge in [-0.3, -0.25) is 4.31 Å². The number of sulfonamides is 1. The topological polar surface area (TPSA) is 41.7 Å². The van der Waals surface area contributed by atoms with E-state index in [1.54, 1.807) is 6.08 Å². The van der Waals surface area contributed by atoms with Gasteiger partial charge < -0.3 is 0 Å². The van der Waals surface area contributed by atoms with Crippen LogP contribution < -0.4 is 4.31 Å². The van der Waals surface area contributed by atoms with Gasteiger partial charge in [0.1, 0.15) is 4.75 Å². The van der Waals surface area contributed by atoms with Crippen molar-refractivity contribution >= 4 is 21.4 Å². The van der Waals surface area contributed by atoms with Crippen LogP contribution in [-0.2, 0) is 16.2 Å². The fourth-order valence-electron chi connectivity index (χ4n) is 5.61. The van der Waals surface area contributed by atoms with Crippen molar-refractivity contribution in [3.63, 3.8) is 0 Å². The maximum absolute atomic E-state index is 13.5. The first-order valence-electron chi connectivity index (χ1n) is 8.88. The van der Waals surface area contributed by atoms with E-state index in [0.717, 1.165) is 35.7 Å². The van der Waals surface area contributed by atoms with Crippen LogP contribution >= 0.6 is 0 Å². The Kier molecular flexibility index (Phi) is 3.90. The van der Waals surface area contributed by atoms with Crippen LogP contribution in [0.15, 0.2) is 30.9 Å². The first kappa shape index (κ1) is 18.4. The van der Waals surface area contributed by atoms with E-state index in [2.05, 4.69) is 11.4 Å². The number of rotatable bonds is 3. The zero-order valence-corrected chi connectivity index (χ0v) is 15.4. The molecule has 27 heavy (non-hydrogen) atoms. The van der Waals surface area contributed by atoms with Crippen molar-refractivity contribution in [2.75, 3.05) is 10.8 Å². The minimum atomic E-state index is -4.72. The summed E-state index contributed by atoms with van der Waals surface area (Å²) in [6.45, 7) is 10.9. The molecule has 2 bridgehead atoms. The van der Waals surface area contributed by atoms with E-state index >= 15 is 0 Å². The van der Waals surface area contributed by atoms with Crippen LogP contribution in [0.5, 0.6) is 0 Å². The number of benzene rings is 1. The zero-order chi connectivity index (χ0) is 19.6. The Morgan fingerprint density at radius 2 is 2.11 bits per heavy atom. The van der Waals surface area contributed by atoms with Crippen molar-refractivity contribution in [3.8, 4) is 0 Å². The minimum absolute atomic E-state index is 0.00744. The summed E-state index contributed by atoms with van der Waals surface area (Å²) in [4.78, 5) is 2.92. The highest BCUT2D eigenvalue weighted by Gasteiger charge is 2.69. The lowest BCUT2D eigenvalue weighted by Crippen LogP contribution is -2.47. The standard InChI is InChI=1S/C19H19F3N2O2S/c1-3-8-18-13-5-4-12(9-13)16(18)11-24(27(18,25)26)14-6-7-17(23-2)15(10-14)19(20,21)22/h3,6-7,10,12-13,16H,1,4-5,8-9,11H2/t12-,13+,16-,18+/m1/s1. The maximum atomic E-state index is 13.5. The molecule has 3 fully saturated rings. The third-order valence-electron chi connectivity index (χ3n) is 6.65. The van der Waals surface area contributed by atoms with Gasteiger partial charge in [0.25, 0.3) is 0 Å². The summed E-state index contributed by atoms with van der Waals surface area (Å²) >= 11 is 0. The van der Waals surface area contributed by atoms with E-state index in [-0.39, 0.29) is 24.1 Å². The van der Waals surface area contributed by atoms with E-state index in [1.807, 2.05) is 0 Å². The third kappa shape index (κ3) is 2.30. The van der Waals surface area contributed by atoms with Crippen molar-refractivity contribution in [3.05, 3.63) is 47.8 Å². The number of fused-ring (bicyclic) bond motifs is 5. The molecular weight excluding hydrogens is 377 g/mol. The molecule has 4 rings (SSSR count). The Morgan fingerprint density at radius 1 is 1.37 bits per heavy atom. The van der Waals surface area contributed by atoms with Crippen LogP contribution in [0.1, 0.15) is 31.2 Å². The van der Waals surface area contributed by atoms with Gasteiger partial charge in [0.2, 0.25) is 10.0 Å². The molecule has 1 heterocycles. The van der Waals surface area contributed by atoms with E-state index in [1.165, 1.54) is 6.07 Å². The summed E-state index contributed by atoms with van der Waals surface area (Å²) in [5.74, 6) is 0.235. The van der Waals surface area contributed by atoms with E-state index in [4.69, 9.17) is 6.57 Å². The average molecular weight is 396 g/mol. The monoisotopic (exact) mass is 396 g/mol. The number of hydrogen-bond donors (Lipinski definition) is 0. The molecule has 0 amide bonds. The number of anilines is 1. The molecule has 1 aliphatic heterocycles. The fourth-order valence-corrected chi connectivity index (χ4v) is 8.38. The van der Waals surface area contributed by atoms with Crippen LogP contribution in [0.25, 0.3) is 4.85 Å². The summed E-state index contributed by atoms with van der Waals surface area (Å²) in [7, 11) is -3.84. The van der Waals surface area contributed by atoms with Crippen molar-refractivity contribution in [2.24, 2.45) is 17.8 Å². The van der Waals surface area contributed by atoms with Gasteiger partial charge in [-0.1, -0.05) is 12.1 Å². The number of halogens is 3. The third-order valence-corrected chi connectivity index (χ3v) is 9.35. The molecule has 0 spiro atoms. The molecular formula is C19H19F3N2O2S. The highest BCUT2D eigenvalue weighted by atomic mass is 32.2. The zero-order valence-electron chi connectivity index (χ0n) is 14.5. The number of alkyl halides is 3. The molecule has 0 N–H and O–H groups in total. The van der Waals surface area contributed by atoms with Crippen molar-refractivity contribution < 1.29 is 21.6 Å².